The molecule has 0 N–H and O–H groups in total. The van der Waals surface area contributed by atoms with E-state index in [0.29, 0.717) is 6.61 Å². The van der Waals surface area contributed by atoms with Gasteiger partial charge in [-0.3, -0.25) is 0 Å². The van der Waals surface area contributed by atoms with E-state index in [9.17, 15) is 4.57 Å². The monoisotopic (exact) mass is 177 g/mol. The van der Waals surface area contributed by atoms with E-state index in [1.54, 1.807) is 0 Å². The van der Waals surface area contributed by atoms with Crippen LogP contribution in [0.1, 0.15) is 13.3 Å². The molecule has 5 heteroatoms. The molecule has 0 aromatic heterocycles. The third-order valence-electron chi connectivity index (χ3n) is 2.04. The maximum absolute atomic E-state index is 10.8. The Morgan fingerprint density at radius 3 is 3.09 bits per heavy atom. The molecule has 2 aliphatic rings. The molecule has 0 saturated carbocycles. The van der Waals surface area contributed by atoms with Crippen LogP contribution in [0.3, 0.4) is 0 Å². The van der Waals surface area contributed by atoms with E-state index in [1.807, 2.05) is 6.92 Å². The minimum absolute atomic E-state index is 0.0708. The molecule has 4 atom stereocenters. The number of ether oxygens (including phenoxy) is 1. The Labute approximate surface area is 65.8 Å². The molecule has 2 unspecified atom stereocenters. The van der Waals surface area contributed by atoms with Gasteiger partial charge in [-0.2, -0.15) is 0 Å². The van der Waals surface area contributed by atoms with Crippen molar-refractivity contribution >= 4 is 8.25 Å². The van der Waals surface area contributed by atoms with Crippen LogP contribution >= 0.6 is 8.25 Å². The van der Waals surface area contributed by atoms with Gasteiger partial charge in [-0.1, -0.05) is 6.92 Å². The molecule has 11 heavy (non-hydrogen) atoms. The maximum atomic E-state index is 10.8. The number of hydrogen-bond acceptors (Lipinski definition) is 4. The summed E-state index contributed by atoms with van der Waals surface area (Å²) in [6, 6.07) is 0. The fourth-order valence-electron chi connectivity index (χ4n) is 1.46. The summed E-state index contributed by atoms with van der Waals surface area (Å²) in [4.78, 5) is 0. The molecule has 0 aromatic rings. The average molecular weight is 177 g/mol. The summed E-state index contributed by atoms with van der Waals surface area (Å²) >= 11 is 0. The van der Waals surface area contributed by atoms with Gasteiger partial charge in [0.2, 0.25) is 0 Å². The Morgan fingerprint density at radius 2 is 2.36 bits per heavy atom. The second kappa shape index (κ2) is 2.79. The molecule has 0 spiro atoms. The Balaban J connectivity index is 2.07. The molecule has 0 amide bonds. The van der Waals surface area contributed by atoms with Crippen molar-refractivity contribution in [2.24, 2.45) is 0 Å². The first-order valence-electron chi connectivity index (χ1n) is 3.73. The predicted octanol–water partition coefficient (Wildman–Crippen LogP) is 1.24. The van der Waals surface area contributed by atoms with Crippen LogP contribution in [-0.2, 0) is 18.3 Å². The van der Waals surface area contributed by atoms with Crippen LogP contribution in [0.25, 0.3) is 0 Å². The van der Waals surface area contributed by atoms with Crippen molar-refractivity contribution < 1.29 is 18.3 Å². The normalized spacial score (nSPS) is 46.3. The first-order chi connectivity index (χ1) is 5.31. The quantitative estimate of drug-likeness (QED) is 0.565. The molecule has 2 fully saturated rings. The van der Waals surface area contributed by atoms with E-state index < -0.39 is 8.25 Å². The zero-order valence-corrected chi connectivity index (χ0v) is 7.12. The summed E-state index contributed by atoms with van der Waals surface area (Å²) in [5.74, 6) is 0. The van der Waals surface area contributed by atoms with Crippen molar-refractivity contribution in [3.05, 3.63) is 0 Å². The largest absolute Gasteiger partial charge is 0.698 e. The van der Waals surface area contributed by atoms with Gasteiger partial charge in [-0.15, -0.1) is 9.05 Å². The Morgan fingerprint density at radius 1 is 1.55 bits per heavy atom. The lowest BCUT2D eigenvalue weighted by Crippen LogP contribution is -2.26. The van der Waals surface area contributed by atoms with Gasteiger partial charge in [0.15, 0.2) is 12.2 Å². The van der Waals surface area contributed by atoms with Crippen LogP contribution in [0.15, 0.2) is 0 Å². The van der Waals surface area contributed by atoms with Crippen molar-refractivity contribution in [2.75, 3.05) is 6.61 Å². The van der Waals surface area contributed by atoms with Crippen LogP contribution < -0.4 is 0 Å². The fourth-order valence-corrected chi connectivity index (χ4v) is 2.38. The summed E-state index contributed by atoms with van der Waals surface area (Å²) in [6.07, 6.45) is 0.766. The van der Waals surface area contributed by atoms with Gasteiger partial charge in [0.05, 0.1) is 12.7 Å². The van der Waals surface area contributed by atoms with E-state index in [4.69, 9.17) is 13.8 Å². The number of rotatable bonds is 1. The molecule has 2 rings (SSSR count). The van der Waals surface area contributed by atoms with E-state index in [0.717, 1.165) is 6.42 Å². The van der Waals surface area contributed by atoms with E-state index in [-0.39, 0.29) is 18.3 Å². The van der Waals surface area contributed by atoms with E-state index in [2.05, 4.69) is 0 Å². The molecule has 4 nitrogen and oxygen atoms in total. The lowest BCUT2D eigenvalue weighted by Gasteiger charge is -2.06. The highest BCUT2D eigenvalue weighted by Gasteiger charge is 2.54. The standard InChI is InChI=1S/C6H10O4P/c1-2-4-6-5(3-8-4)9-11(7)10-6/h4-6H,2-3H2,1H3/q+1/t4-,5?,6-/m1/s1. The second-order valence-electron chi connectivity index (χ2n) is 2.72. The van der Waals surface area contributed by atoms with Crippen LogP contribution in [0.4, 0.5) is 0 Å². The van der Waals surface area contributed by atoms with Gasteiger partial charge in [0, 0.05) is 4.57 Å². The Bertz CT molecular complexity index is 183. The average Bonchev–Trinajstić information content (AvgIpc) is 2.45. The molecule has 0 bridgehead atoms. The number of fused-ring (bicyclic) bond motifs is 1. The summed E-state index contributed by atoms with van der Waals surface area (Å²) in [5, 5.41) is 0. The zero-order valence-electron chi connectivity index (χ0n) is 6.23. The molecule has 0 radical (unpaired) electrons. The predicted molar refractivity (Wildman–Crippen MR) is 37.4 cm³/mol. The molecular weight excluding hydrogens is 167 g/mol. The minimum Gasteiger partial charge on any atom is -0.372 e. The molecule has 2 saturated heterocycles. The third kappa shape index (κ3) is 1.20. The summed E-state index contributed by atoms with van der Waals surface area (Å²) in [7, 11) is -1.86. The Hall–Kier alpha value is -0.0200. The van der Waals surface area contributed by atoms with Crippen LogP contribution in [0.2, 0.25) is 0 Å². The molecule has 62 valence electrons. The van der Waals surface area contributed by atoms with Gasteiger partial charge in [0.25, 0.3) is 0 Å². The minimum atomic E-state index is -1.86. The second-order valence-corrected chi connectivity index (χ2v) is 3.59. The molecular formula is C6H10O4P+. The van der Waals surface area contributed by atoms with Crippen molar-refractivity contribution in [3.63, 3.8) is 0 Å². The van der Waals surface area contributed by atoms with Crippen molar-refractivity contribution in [1.29, 1.82) is 0 Å². The summed E-state index contributed by atoms with van der Waals surface area (Å²) in [5.41, 5.74) is 0. The number of hydrogen-bond donors (Lipinski definition) is 0. The Kier molecular flexibility index (Phi) is 1.93. The van der Waals surface area contributed by atoms with Crippen LogP contribution in [0, 0.1) is 0 Å². The highest BCUT2D eigenvalue weighted by molar-refractivity contribution is 7.33. The summed E-state index contributed by atoms with van der Waals surface area (Å²) in [6.45, 7) is 2.53. The molecule has 2 heterocycles. The SMILES string of the molecule is CC[C@H]1OCC2O[P+](=O)O[C@@H]21. The lowest BCUT2D eigenvalue weighted by molar-refractivity contribution is 0.0536. The highest BCUT2D eigenvalue weighted by Crippen LogP contribution is 2.43. The maximum Gasteiger partial charge on any atom is 0.698 e. The highest BCUT2D eigenvalue weighted by atomic mass is 31.1. The van der Waals surface area contributed by atoms with Crippen molar-refractivity contribution in [1.82, 2.24) is 0 Å². The van der Waals surface area contributed by atoms with Crippen LogP contribution in [-0.4, -0.2) is 24.9 Å². The lowest BCUT2D eigenvalue weighted by atomic mass is 10.1. The van der Waals surface area contributed by atoms with Crippen molar-refractivity contribution in [2.45, 2.75) is 31.7 Å². The van der Waals surface area contributed by atoms with E-state index >= 15 is 0 Å². The molecule has 0 aliphatic carbocycles. The fraction of sp³-hybridized carbons (Fsp3) is 1.00. The molecule has 2 aliphatic heterocycles. The zero-order chi connectivity index (χ0) is 7.84. The van der Waals surface area contributed by atoms with Gasteiger partial charge in [-0.05, 0) is 6.42 Å². The third-order valence-corrected chi connectivity index (χ3v) is 2.90. The van der Waals surface area contributed by atoms with Gasteiger partial charge in [0.1, 0.15) is 0 Å². The topological polar surface area (TPSA) is 44.8 Å². The summed E-state index contributed by atoms with van der Waals surface area (Å²) < 4.78 is 26.1. The van der Waals surface area contributed by atoms with Gasteiger partial charge >= 0.3 is 8.25 Å². The molecule has 0 aromatic carbocycles. The van der Waals surface area contributed by atoms with Gasteiger partial charge in [-0.25, -0.2) is 0 Å². The van der Waals surface area contributed by atoms with Crippen molar-refractivity contribution in [3.8, 4) is 0 Å². The van der Waals surface area contributed by atoms with Gasteiger partial charge < -0.3 is 4.74 Å². The first kappa shape index (κ1) is 7.62. The van der Waals surface area contributed by atoms with E-state index in [1.165, 1.54) is 0 Å². The van der Waals surface area contributed by atoms with Crippen LogP contribution in [0.5, 0.6) is 0 Å². The smallest absolute Gasteiger partial charge is 0.372 e. The first-order valence-corrected chi connectivity index (χ1v) is 4.83.